The summed E-state index contributed by atoms with van der Waals surface area (Å²) in [6.07, 6.45) is 0. The van der Waals surface area contributed by atoms with E-state index in [1.807, 2.05) is 7.05 Å². The van der Waals surface area contributed by atoms with E-state index in [2.05, 4.69) is 31.1 Å². The Morgan fingerprint density at radius 1 is 1.56 bits per heavy atom. The molecule has 0 aliphatic heterocycles. The van der Waals surface area contributed by atoms with Gasteiger partial charge >= 0.3 is 0 Å². The third-order valence-corrected chi connectivity index (χ3v) is 1.62. The van der Waals surface area contributed by atoms with Crippen molar-refractivity contribution in [2.75, 3.05) is 27.2 Å². The highest BCUT2D eigenvalue weighted by Gasteiger charge is 1.99. The minimum Gasteiger partial charge on any atom is -0.316 e. The van der Waals surface area contributed by atoms with Gasteiger partial charge in [0.05, 0.1) is 0 Å². The van der Waals surface area contributed by atoms with E-state index in [1.165, 1.54) is 0 Å². The van der Waals surface area contributed by atoms with E-state index < -0.39 is 0 Å². The van der Waals surface area contributed by atoms with E-state index in [4.69, 9.17) is 0 Å². The Labute approximate surface area is 58.2 Å². The molecule has 0 saturated heterocycles. The fraction of sp³-hybridized carbons (Fsp3) is 1.00. The molecular formula is C7H18N2. The predicted molar refractivity (Wildman–Crippen MR) is 41.7 cm³/mol. The zero-order chi connectivity index (χ0) is 7.28. The second-order valence-corrected chi connectivity index (χ2v) is 2.54. The summed E-state index contributed by atoms with van der Waals surface area (Å²) in [5.74, 6) is 0. The number of nitrogens with zero attached hydrogens (tertiary/aromatic N) is 1. The molecule has 0 amide bonds. The van der Waals surface area contributed by atoms with Crippen molar-refractivity contribution < 1.29 is 0 Å². The lowest BCUT2D eigenvalue weighted by Crippen LogP contribution is -2.35. The Balaban J connectivity index is 3.22. The van der Waals surface area contributed by atoms with E-state index in [0.29, 0.717) is 6.04 Å². The second kappa shape index (κ2) is 4.77. The molecule has 0 heterocycles. The molecule has 0 radical (unpaired) electrons. The Bertz CT molecular complexity index is 55.9. The van der Waals surface area contributed by atoms with E-state index >= 15 is 0 Å². The topological polar surface area (TPSA) is 15.3 Å². The molecule has 1 atom stereocenters. The van der Waals surface area contributed by atoms with E-state index in [-0.39, 0.29) is 0 Å². The van der Waals surface area contributed by atoms with Gasteiger partial charge in [0.25, 0.3) is 0 Å². The molecule has 0 rings (SSSR count). The third-order valence-electron chi connectivity index (χ3n) is 1.62. The van der Waals surface area contributed by atoms with E-state index in [0.717, 1.165) is 13.1 Å². The van der Waals surface area contributed by atoms with Crippen LogP contribution in [-0.2, 0) is 0 Å². The van der Waals surface area contributed by atoms with Crippen LogP contribution in [0.25, 0.3) is 0 Å². The number of rotatable bonds is 4. The molecule has 0 aliphatic carbocycles. The smallest absolute Gasteiger partial charge is 0.0163 e. The zero-order valence-electron chi connectivity index (χ0n) is 6.94. The maximum atomic E-state index is 3.19. The molecule has 1 N–H and O–H groups in total. The number of likely N-dealkylation sites (N-methyl/N-ethyl adjacent to an activating group) is 2. The molecule has 0 aromatic rings. The Hall–Kier alpha value is -0.0800. The van der Waals surface area contributed by atoms with Crippen molar-refractivity contribution in [1.82, 2.24) is 10.2 Å². The summed E-state index contributed by atoms with van der Waals surface area (Å²) in [6.45, 7) is 6.62. The predicted octanol–water partition coefficient (Wildman–Crippen LogP) is 0.546. The molecule has 0 bridgehead atoms. The highest BCUT2D eigenvalue weighted by Crippen LogP contribution is 1.85. The van der Waals surface area contributed by atoms with E-state index in [1.54, 1.807) is 0 Å². The summed E-state index contributed by atoms with van der Waals surface area (Å²) in [5, 5.41) is 3.19. The van der Waals surface area contributed by atoms with Gasteiger partial charge in [-0.3, -0.25) is 0 Å². The Kier molecular flexibility index (Phi) is 4.72. The molecule has 2 nitrogen and oxygen atoms in total. The Morgan fingerprint density at radius 3 is 2.44 bits per heavy atom. The van der Waals surface area contributed by atoms with Gasteiger partial charge in [0.2, 0.25) is 0 Å². The average molecular weight is 130 g/mol. The molecule has 0 aromatic carbocycles. The van der Waals surface area contributed by atoms with Crippen molar-refractivity contribution in [3.63, 3.8) is 0 Å². The quantitative estimate of drug-likeness (QED) is 0.597. The Morgan fingerprint density at radius 2 is 2.11 bits per heavy atom. The average Bonchev–Trinajstić information content (AvgIpc) is 1.87. The van der Waals surface area contributed by atoms with Gasteiger partial charge in [-0.15, -0.1) is 0 Å². The van der Waals surface area contributed by atoms with Crippen LogP contribution in [0.4, 0.5) is 0 Å². The van der Waals surface area contributed by atoms with Gasteiger partial charge in [0.1, 0.15) is 0 Å². The van der Waals surface area contributed by atoms with Crippen LogP contribution in [0.5, 0.6) is 0 Å². The van der Waals surface area contributed by atoms with Crippen LogP contribution in [0.15, 0.2) is 0 Å². The summed E-state index contributed by atoms with van der Waals surface area (Å²) in [7, 11) is 4.13. The standard InChI is InChI=1S/C7H18N2/c1-5-9(4)6-7(2)8-3/h7-8H,5-6H2,1-4H3. The molecule has 0 aromatic heterocycles. The molecule has 56 valence electrons. The summed E-state index contributed by atoms with van der Waals surface area (Å²) in [4.78, 5) is 2.29. The summed E-state index contributed by atoms with van der Waals surface area (Å²) in [5.41, 5.74) is 0. The molecule has 0 spiro atoms. The van der Waals surface area contributed by atoms with Crippen LogP contribution in [0.2, 0.25) is 0 Å². The van der Waals surface area contributed by atoms with Crippen LogP contribution in [0, 0.1) is 0 Å². The van der Waals surface area contributed by atoms with Crippen molar-refractivity contribution in [1.29, 1.82) is 0 Å². The highest BCUT2D eigenvalue weighted by atomic mass is 15.1. The number of hydrogen-bond donors (Lipinski definition) is 1. The number of hydrogen-bond acceptors (Lipinski definition) is 2. The normalized spacial score (nSPS) is 14.3. The minimum absolute atomic E-state index is 0.606. The second-order valence-electron chi connectivity index (χ2n) is 2.54. The van der Waals surface area contributed by atoms with Crippen molar-refractivity contribution in [2.45, 2.75) is 19.9 Å². The van der Waals surface area contributed by atoms with Crippen molar-refractivity contribution in [2.24, 2.45) is 0 Å². The minimum atomic E-state index is 0.606. The van der Waals surface area contributed by atoms with Crippen molar-refractivity contribution in [3.05, 3.63) is 0 Å². The molecule has 9 heavy (non-hydrogen) atoms. The van der Waals surface area contributed by atoms with E-state index in [9.17, 15) is 0 Å². The van der Waals surface area contributed by atoms with Gasteiger partial charge in [-0.2, -0.15) is 0 Å². The summed E-state index contributed by atoms with van der Waals surface area (Å²) in [6, 6.07) is 0.606. The zero-order valence-corrected chi connectivity index (χ0v) is 6.94. The van der Waals surface area contributed by atoms with Gasteiger partial charge in [0.15, 0.2) is 0 Å². The van der Waals surface area contributed by atoms with Gasteiger partial charge in [-0.1, -0.05) is 6.92 Å². The molecule has 2 heteroatoms. The van der Waals surface area contributed by atoms with Gasteiger partial charge in [0, 0.05) is 12.6 Å². The first-order valence-corrected chi connectivity index (χ1v) is 3.56. The fourth-order valence-corrected chi connectivity index (χ4v) is 0.688. The van der Waals surface area contributed by atoms with Crippen LogP contribution >= 0.6 is 0 Å². The van der Waals surface area contributed by atoms with Crippen LogP contribution < -0.4 is 5.32 Å². The molecular weight excluding hydrogens is 112 g/mol. The molecule has 1 unspecified atom stereocenters. The SMILES string of the molecule is CCN(C)CC(C)NC. The molecule has 0 saturated carbocycles. The summed E-state index contributed by atoms with van der Waals surface area (Å²) < 4.78 is 0. The molecule has 0 fully saturated rings. The summed E-state index contributed by atoms with van der Waals surface area (Å²) >= 11 is 0. The fourth-order valence-electron chi connectivity index (χ4n) is 0.688. The third kappa shape index (κ3) is 4.43. The van der Waals surface area contributed by atoms with Gasteiger partial charge in [-0.05, 0) is 27.6 Å². The van der Waals surface area contributed by atoms with Crippen molar-refractivity contribution >= 4 is 0 Å². The van der Waals surface area contributed by atoms with Gasteiger partial charge in [-0.25, -0.2) is 0 Å². The monoisotopic (exact) mass is 130 g/mol. The van der Waals surface area contributed by atoms with Crippen molar-refractivity contribution in [3.8, 4) is 0 Å². The first-order chi connectivity index (χ1) is 4.20. The lowest BCUT2D eigenvalue weighted by Gasteiger charge is -2.18. The molecule has 0 aliphatic rings. The van der Waals surface area contributed by atoms with Crippen LogP contribution in [0.1, 0.15) is 13.8 Å². The largest absolute Gasteiger partial charge is 0.316 e. The first kappa shape index (κ1) is 8.92. The van der Waals surface area contributed by atoms with Gasteiger partial charge < -0.3 is 10.2 Å². The maximum absolute atomic E-state index is 3.19. The lowest BCUT2D eigenvalue weighted by molar-refractivity contribution is 0.317. The number of nitrogens with one attached hydrogen (secondary N) is 1. The highest BCUT2D eigenvalue weighted by molar-refractivity contribution is 4.60. The van der Waals surface area contributed by atoms with Crippen LogP contribution in [0.3, 0.4) is 0 Å². The van der Waals surface area contributed by atoms with Crippen LogP contribution in [-0.4, -0.2) is 38.1 Å². The first-order valence-electron chi connectivity index (χ1n) is 3.56. The maximum Gasteiger partial charge on any atom is 0.0163 e. The lowest BCUT2D eigenvalue weighted by atomic mass is 10.3.